The molecule has 0 amide bonds. The van der Waals surface area contributed by atoms with Crippen molar-refractivity contribution in [3.63, 3.8) is 0 Å². The Morgan fingerprint density at radius 3 is 1.18 bits per heavy atom. The molecular weight excluding hydrogens is 1730 g/mol. The minimum absolute atomic E-state index is 0.0142. The molecule has 12 aromatic carbocycles. The first-order valence-electron chi connectivity index (χ1n) is 44.4. The molecule has 0 saturated heterocycles. The van der Waals surface area contributed by atoms with E-state index in [0.29, 0.717) is 102 Å². The van der Waals surface area contributed by atoms with Crippen molar-refractivity contribution >= 4 is 57.3 Å². The third kappa shape index (κ3) is 18.0. The van der Waals surface area contributed by atoms with Gasteiger partial charge in [-0.25, -0.2) is 54.5 Å². The number of carbonyl (C=O) groups excluding carboxylic acids is 4. The monoisotopic (exact) mass is 1810 g/mol. The van der Waals surface area contributed by atoms with E-state index in [9.17, 15) is 56.0 Å². The molecule has 0 aliphatic heterocycles. The second-order valence-electron chi connectivity index (χ2n) is 32.9. The average molecular weight is 1810 g/mol. The van der Waals surface area contributed by atoms with Gasteiger partial charge < -0.3 is 18.9 Å². The van der Waals surface area contributed by atoms with Crippen LogP contribution in [0.2, 0.25) is 0 Å². The summed E-state index contributed by atoms with van der Waals surface area (Å²) in [6.45, 7) is 41.0. The number of hydrogen-bond acceptors (Lipinski definition) is 18. The first-order chi connectivity index (χ1) is 68.0. The lowest BCUT2D eigenvalue weighted by Crippen LogP contribution is -2.34. The van der Waals surface area contributed by atoms with Crippen molar-refractivity contribution in [2.45, 2.75) is 53.1 Å². The van der Waals surface area contributed by atoms with Gasteiger partial charge in [-0.15, -0.1) is 6.58 Å². The maximum absolute atomic E-state index is 13.9. The number of ether oxygens (including phenoxy) is 4. The summed E-state index contributed by atoms with van der Waals surface area (Å²) < 4.78 is 23.7. The van der Waals surface area contributed by atoms with Crippen LogP contribution in [0.3, 0.4) is 0 Å². The van der Waals surface area contributed by atoms with Crippen LogP contribution in [0, 0.1) is 124 Å². The van der Waals surface area contributed by atoms with Crippen molar-refractivity contribution in [1.82, 2.24) is 4.90 Å². The van der Waals surface area contributed by atoms with E-state index in [0.717, 1.165) is 106 Å². The summed E-state index contributed by atoms with van der Waals surface area (Å²) in [5.41, 5.74) is 25.9. The van der Waals surface area contributed by atoms with Crippen molar-refractivity contribution in [1.29, 1.82) is 36.8 Å². The van der Waals surface area contributed by atoms with Gasteiger partial charge in [0.2, 0.25) is 0 Å². The number of fused-ring (bicyclic) bond motifs is 18. The topological polar surface area (TPSA) is 311 Å². The van der Waals surface area contributed by atoms with Gasteiger partial charge in [-0.1, -0.05) is 250 Å². The summed E-state index contributed by atoms with van der Waals surface area (Å²) in [5, 5.41) is 67.1. The molecule has 0 aromatic heterocycles. The molecular formula is C117H78N12O10. The fourth-order valence-corrected chi connectivity index (χ4v) is 19.1. The van der Waals surface area contributed by atoms with E-state index < -0.39 is 23.9 Å². The molecule has 0 bridgehead atoms. The summed E-state index contributed by atoms with van der Waals surface area (Å²) in [6.07, 6.45) is 3.05. The largest absolute Gasteiger partial charge is 0.462 e. The number of esters is 4. The maximum atomic E-state index is 13.9. The van der Waals surface area contributed by atoms with Crippen LogP contribution in [0.1, 0.15) is 138 Å². The zero-order valence-electron chi connectivity index (χ0n) is 75.4. The Labute approximate surface area is 803 Å². The van der Waals surface area contributed by atoms with E-state index in [1.165, 1.54) is 0 Å². The highest BCUT2D eigenvalue weighted by Gasteiger charge is 2.38. The van der Waals surface area contributed by atoms with Crippen molar-refractivity contribution < 1.29 is 47.9 Å². The van der Waals surface area contributed by atoms with Gasteiger partial charge in [0.25, 0.3) is 17.1 Å². The summed E-state index contributed by atoms with van der Waals surface area (Å²) in [5.74, 6) is -1.57. The molecule has 0 N–H and O–H groups in total. The molecule has 22 heteroatoms. The number of nitriles is 7. The van der Waals surface area contributed by atoms with Gasteiger partial charge in [-0.2, -0.15) is 21.0 Å². The van der Waals surface area contributed by atoms with Crippen LogP contribution in [0.4, 0.5) is 0 Å². The number of hydrogen-bond donors (Lipinski definition) is 0. The van der Waals surface area contributed by atoms with Gasteiger partial charge in [0, 0.05) is 69.8 Å². The molecule has 0 heterocycles. The average Bonchev–Trinajstić information content (AvgIpc) is 1.45. The van der Waals surface area contributed by atoms with Crippen molar-refractivity contribution in [2.75, 3.05) is 39.5 Å². The van der Waals surface area contributed by atoms with Gasteiger partial charge in [-0.05, 0) is 184 Å². The Morgan fingerprint density at radius 1 is 0.381 bits per heavy atom. The van der Waals surface area contributed by atoms with Gasteiger partial charge in [-0.3, -0.25) is 14.5 Å². The number of carbonyl (C=O) groups is 4. The Balaban J connectivity index is 0.000000174. The SMILES string of the molecule is Cc1cccc2c1-c1ccccc1C2=C(C#N)C#N.[C-]#[N+]/C(C#N)=C1/c2ccccc2-c2c(OC(=O)CCN(CCOOCc3cccc4c3-c3ccccc3C4=C(C#N)C#N)CCOC(=O)c3cccc4c3-c3ccccc3/C4=C(/C#N)[N+]#[C-])cccc21.[C-]#[N+]/C(C)=C1/c2ccccc2-c2c(OC(=O)CC(C=C)CC(CC)COC(=O)c3cccc4c3-c3ccccc3/C4=C(/C#N)[N+]#[C-])cccc21. The predicted octanol–water partition coefficient (Wildman–Crippen LogP) is 24.2. The first-order valence-corrected chi connectivity index (χ1v) is 44.4. The van der Waals surface area contributed by atoms with Crippen LogP contribution in [-0.4, -0.2) is 68.2 Å². The fourth-order valence-electron chi connectivity index (χ4n) is 19.1. The molecule has 6 aliphatic rings. The lowest BCUT2D eigenvalue weighted by atomic mass is 9.91. The highest BCUT2D eigenvalue weighted by molar-refractivity contribution is 6.14. The quantitative estimate of drug-likeness (QED) is 0.00793. The maximum Gasteiger partial charge on any atom is 0.338 e. The molecule has 0 saturated carbocycles. The third-order valence-electron chi connectivity index (χ3n) is 25.2. The van der Waals surface area contributed by atoms with E-state index in [2.05, 4.69) is 38.9 Å². The second-order valence-corrected chi connectivity index (χ2v) is 32.9. The molecule has 2 unspecified atom stereocenters. The lowest BCUT2D eigenvalue weighted by Gasteiger charge is -2.22. The van der Waals surface area contributed by atoms with Crippen LogP contribution in [0.15, 0.2) is 301 Å². The normalized spacial score (nSPS) is 13.6. The standard InChI is InChI=1S/C57H35N7O6.C43H33N3O4.C17H10N2/c1-62-47(32-60)54-40-16-6-5-15-39(40)53-44(54)20-10-22-46(53)57(66)67-28-26-64(25-24-50(65)70-49-23-11-21-45-55(48(33-61)63-2)41-17-7-8-18-42(41)56(45)49)27-29-68-69-34-35-12-9-19-43-51(35)37-13-3-4-14-38(37)52(43)36(30-58)31-59;1-6-27(23-38(47)50-37-21-13-19-33-39(26(3)45-4)29-14-8-11-17-32(29)42(33)37)22-28(7-2)25-49-43(48)35-20-12-18-34-40(35)30-15-9-10-16-31(30)41(34)36(24-44)46-5;1-11-5-4-8-15-16(11)13-6-2-3-7-14(13)17(15)12(9-18)10-19/h3-23H,24-29,34H2;6,8-21,27-28H,1,7,22-23,25H2,2-3H3;2-8H,1H3/b54-47+,55-48-;39-26-,41-36+;. The minimum Gasteiger partial charge on any atom is -0.462 e. The summed E-state index contributed by atoms with van der Waals surface area (Å²) in [6, 6.07) is 92.2. The predicted molar refractivity (Wildman–Crippen MR) is 524 cm³/mol. The van der Waals surface area contributed by atoms with Crippen LogP contribution in [0.5, 0.6) is 11.5 Å². The smallest absolute Gasteiger partial charge is 0.338 e. The Bertz CT molecular complexity index is 7880. The van der Waals surface area contributed by atoms with Gasteiger partial charge >= 0.3 is 23.9 Å². The fraction of sp³-hybridized carbons (Fsp3) is 0.137. The van der Waals surface area contributed by atoms with Gasteiger partial charge in [0.05, 0.1) is 81.7 Å². The minimum atomic E-state index is -0.607. The number of rotatable bonds is 24. The molecule has 2 atom stereocenters. The van der Waals surface area contributed by atoms with Gasteiger partial charge in [0.1, 0.15) is 60.1 Å². The van der Waals surface area contributed by atoms with Crippen LogP contribution >= 0.6 is 0 Å². The zero-order valence-corrected chi connectivity index (χ0v) is 75.4. The Hall–Kier alpha value is -19.0. The Morgan fingerprint density at radius 2 is 0.741 bits per heavy atom. The van der Waals surface area contributed by atoms with Crippen molar-refractivity contribution in [2.24, 2.45) is 11.8 Å². The van der Waals surface area contributed by atoms with E-state index in [1.807, 2.05) is 248 Å². The first kappa shape index (κ1) is 93.2. The highest BCUT2D eigenvalue weighted by Crippen LogP contribution is 2.55. The van der Waals surface area contributed by atoms with Crippen LogP contribution < -0.4 is 9.47 Å². The molecule has 0 spiro atoms. The van der Waals surface area contributed by atoms with Crippen molar-refractivity contribution in [3.05, 3.63) is 436 Å². The van der Waals surface area contributed by atoms with E-state index >= 15 is 0 Å². The van der Waals surface area contributed by atoms with E-state index in [-0.39, 0.29) is 110 Å². The van der Waals surface area contributed by atoms with E-state index in [4.69, 9.17) is 55.0 Å². The highest BCUT2D eigenvalue weighted by atomic mass is 17.2. The molecule has 139 heavy (non-hydrogen) atoms. The second kappa shape index (κ2) is 41.8. The van der Waals surface area contributed by atoms with Gasteiger partial charge in [0.15, 0.2) is 5.70 Å². The number of benzene rings is 12. The third-order valence-corrected chi connectivity index (χ3v) is 25.2. The summed E-state index contributed by atoms with van der Waals surface area (Å²) in [7, 11) is 0. The molecule has 22 nitrogen and oxygen atoms in total. The molecule has 666 valence electrons. The molecule has 6 aliphatic carbocycles. The van der Waals surface area contributed by atoms with Crippen LogP contribution in [0.25, 0.3) is 120 Å². The summed E-state index contributed by atoms with van der Waals surface area (Å²) in [4.78, 5) is 81.9. The van der Waals surface area contributed by atoms with Crippen LogP contribution in [-0.2, 0) is 35.4 Å². The molecule has 0 fully saturated rings. The molecule has 0 radical (unpaired) electrons. The zero-order chi connectivity index (χ0) is 97.5. The number of aryl methyl sites for hydroxylation is 1. The van der Waals surface area contributed by atoms with Crippen molar-refractivity contribution in [3.8, 4) is 121 Å². The lowest BCUT2D eigenvalue weighted by molar-refractivity contribution is -0.304. The Kier molecular flexibility index (Phi) is 28.0. The van der Waals surface area contributed by atoms with E-state index in [1.54, 1.807) is 67.6 Å². The summed E-state index contributed by atoms with van der Waals surface area (Å²) >= 11 is 0. The molecule has 18 rings (SSSR count). The number of nitrogens with zero attached hydrogens (tertiary/aromatic N) is 12. The molecule has 12 aromatic rings. The number of allylic oxidation sites excluding steroid dienone is 7.